The molecule has 0 aromatic carbocycles. The van der Waals surface area contributed by atoms with Crippen LogP contribution in [0.4, 0.5) is 0 Å². The molecule has 1 aromatic heterocycles. The SMILES string of the molecule is CCc1cc(=O)[nH]c(O)c1Br. The number of aromatic amines is 1. The van der Waals surface area contributed by atoms with Crippen molar-refractivity contribution in [1.82, 2.24) is 4.98 Å². The topological polar surface area (TPSA) is 53.1 Å². The summed E-state index contributed by atoms with van der Waals surface area (Å²) in [7, 11) is 0. The first-order valence-corrected chi connectivity index (χ1v) is 4.05. The molecule has 0 aliphatic heterocycles. The summed E-state index contributed by atoms with van der Waals surface area (Å²) in [5, 5.41) is 9.11. The van der Waals surface area contributed by atoms with Crippen LogP contribution in [0, 0.1) is 0 Å². The highest BCUT2D eigenvalue weighted by molar-refractivity contribution is 9.10. The van der Waals surface area contributed by atoms with Gasteiger partial charge in [-0.25, -0.2) is 0 Å². The Balaban J connectivity index is 3.36. The first-order valence-electron chi connectivity index (χ1n) is 3.25. The summed E-state index contributed by atoms with van der Waals surface area (Å²) >= 11 is 3.15. The molecule has 0 fully saturated rings. The Kier molecular flexibility index (Phi) is 2.34. The Morgan fingerprint density at radius 3 is 2.91 bits per heavy atom. The van der Waals surface area contributed by atoms with Crippen molar-refractivity contribution in [3.05, 3.63) is 26.5 Å². The number of aryl methyl sites for hydroxylation is 1. The van der Waals surface area contributed by atoms with Gasteiger partial charge in [-0.2, -0.15) is 0 Å². The molecule has 0 saturated heterocycles. The lowest BCUT2D eigenvalue weighted by Gasteiger charge is -2.00. The standard InChI is InChI=1S/C7H8BrNO2/c1-2-4-3-5(10)9-7(11)6(4)8/h3H,2H2,1H3,(H2,9,10,11). The van der Waals surface area contributed by atoms with Crippen molar-refractivity contribution >= 4 is 15.9 Å². The molecule has 0 radical (unpaired) electrons. The molecule has 0 saturated carbocycles. The van der Waals surface area contributed by atoms with Crippen LogP contribution in [0.3, 0.4) is 0 Å². The monoisotopic (exact) mass is 217 g/mol. The van der Waals surface area contributed by atoms with E-state index < -0.39 is 0 Å². The average molecular weight is 218 g/mol. The Morgan fingerprint density at radius 1 is 1.73 bits per heavy atom. The van der Waals surface area contributed by atoms with Gasteiger partial charge >= 0.3 is 0 Å². The number of nitrogens with one attached hydrogen (secondary N) is 1. The molecule has 11 heavy (non-hydrogen) atoms. The maximum absolute atomic E-state index is 10.8. The summed E-state index contributed by atoms with van der Waals surface area (Å²) in [5.74, 6) is -0.102. The van der Waals surface area contributed by atoms with Gasteiger partial charge < -0.3 is 5.11 Å². The summed E-state index contributed by atoms with van der Waals surface area (Å²) in [5.41, 5.74) is 0.536. The van der Waals surface area contributed by atoms with Gasteiger partial charge in [0.05, 0.1) is 4.47 Å². The van der Waals surface area contributed by atoms with Gasteiger partial charge in [0.25, 0.3) is 5.56 Å². The van der Waals surface area contributed by atoms with Crippen molar-refractivity contribution in [1.29, 1.82) is 0 Å². The zero-order chi connectivity index (χ0) is 8.43. The van der Waals surface area contributed by atoms with E-state index in [-0.39, 0.29) is 11.4 Å². The van der Waals surface area contributed by atoms with E-state index in [1.807, 2.05) is 6.92 Å². The molecule has 2 N–H and O–H groups in total. The normalized spacial score (nSPS) is 10.0. The molecule has 1 rings (SSSR count). The molecule has 4 heteroatoms. The number of halogens is 1. The summed E-state index contributed by atoms with van der Waals surface area (Å²) < 4.78 is 0.569. The second kappa shape index (κ2) is 3.09. The number of hydrogen-bond donors (Lipinski definition) is 2. The molecule has 60 valence electrons. The Labute approximate surface area is 72.2 Å². The minimum atomic E-state index is -0.275. The van der Waals surface area contributed by atoms with E-state index in [9.17, 15) is 4.79 Å². The van der Waals surface area contributed by atoms with Crippen LogP contribution < -0.4 is 5.56 Å². The largest absolute Gasteiger partial charge is 0.494 e. The van der Waals surface area contributed by atoms with Crippen LogP contribution >= 0.6 is 15.9 Å². The van der Waals surface area contributed by atoms with Crippen LogP contribution in [0.1, 0.15) is 12.5 Å². The van der Waals surface area contributed by atoms with Crippen LogP contribution in [0.15, 0.2) is 15.3 Å². The molecule has 0 atom stereocenters. The van der Waals surface area contributed by atoms with Crippen molar-refractivity contribution in [2.24, 2.45) is 0 Å². The second-order valence-electron chi connectivity index (χ2n) is 2.17. The molecule has 3 nitrogen and oxygen atoms in total. The zero-order valence-corrected chi connectivity index (χ0v) is 7.60. The number of hydrogen-bond acceptors (Lipinski definition) is 2. The van der Waals surface area contributed by atoms with Crippen LogP contribution in [-0.4, -0.2) is 10.1 Å². The van der Waals surface area contributed by atoms with Crippen LogP contribution in [-0.2, 0) is 6.42 Å². The molecule has 1 aromatic rings. The highest BCUT2D eigenvalue weighted by atomic mass is 79.9. The number of aromatic hydroxyl groups is 1. The highest BCUT2D eigenvalue weighted by Crippen LogP contribution is 2.23. The van der Waals surface area contributed by atoms with Gasteiger partial charge in [0.15, 0.2) is 0 Å². The molecule has 0 aliphatic carbocycles. The fourth-order valence-electron chi connectivity index (χ4n) is 0.839. The Bertz CT molecular complexity index is 319. The van der Waals surface area contributed by atoms with Gasteiger partial charge in [0.2, 0.25) is 5.88 Å². The summed E-state index contributed by atoms with van der Waals surface area (Å²) in [6.45, 7) is 1.92. The second-order valence-corrected chi connectivity index (χ2v) is 2.97. The highest BCUT2D eigenvalue weighted by Gasteiger charge is 2.03. The smallest absolute Gasteiger partial charge is 0.251 e. The quantitative estimate of drug-likeness (QED) is 0.748. The van der Waals surface area contributed by atoms with E-state index in [0.717, 1.165) is 12.0 Å². The summed E-state index contributed by atoms with van der Waals surface area (Å²) in [6, 6.07) is 1.46. The molecule has 0 aliphatic rings. The predicted molar refractivity (Wildman–Crippen MR) is 45.8 cm³/mol. The Morgan fingerprint density at radius 2 is 2.36 bits per heavy atom. The van der Waals surface area contributed by atoms with Crippen LogP contribution in [0.2, 0.25) is 0 Å². The molecular formula is C7H8BrNO2. The van der Waals surface area contributed by atoms with Gasteiger partial charge in [-0.05, 0) is 27.9 Å². The molecule has 1 heterocycles. The number of H-pyrrole nitrogens is 1. The lowest BCUT2D eigenvalue weighted by Crippen LogP contribution is -2.05. The number of rotatable bonds is 1. The summed E-state index contributed by atoms with van der Waals surface area (Å²) in [6.07, 6.45) is 0.720. The molecular weight excluding hydrogens is 210 g/mol. The van der Waals surface area contributed by atoms with Crippen LogP contribution in [0.25, 0.3) is 0 Å². The molecule has 0 amide bonds. The van der Waals surface area contributed by atoms with Gasteiger partial charge in [-0.1, -0.05) is 6.92 Å². The van der Waals surface area contributed by atoms with E-state index in [0.29, 0.717) is 4.47 Å². The van der Waals surface area contributed by atoms with Crippen LogP contribution in [0.5, 0.6) is 5.88 Å². The van der Waals surface area contributed by atoms with Gasteiger partial charge in [0, 0.05) is 6.07 Å². The van der Waals surface area contributed by atoms with Crippen molar-refractivity contribution in [3.8, 4) is 5.88 Å². The minimum absolute atomic E-state index is 0.102. The Hall–Kier alpha value is -0.770. The zero-order valence-electron chi connectivity index (χ0n) is 6.02. The summed E-state index contributed by atoms with van der Waals surface area (Å²) in [4.78, 5) is 13.1. The molecule has 0 unspecified atom stereocenters. The van der Waals surface area contributed by atoms with Crippen molar-refractivity contribution < 1.29 is 5.11 Å². The van der Waals surface area contributed by atoms with Gasteiger partial charge in [-0.3, -0.25) is 9.78 Å². The average Bonchev–Trinajstić information content (AvgIpc) is 1.96. The van der Waals surface area contributed by atoms with Gasteiger partial charge in [0.1, 0.15) is 0 Å². The van der Waals surface area contributed by atoms with Gasteiger partial charge in [-0.15, -0.1) is 0 Å². The maximum atomic E-state index is 10.8. The lowest BCUT2D eigenvalue weighted by atomic mass is 10.2. The minimum Gasteiger partial charge on any atom is -0.494 e. The van der Waals surface area contributed by atoms with E-state index >= 15 is 0 Å². The fraction of sp³-hybridized carbons (Fsp3) is 0.286. The third kappa shape index (κ3) is 1.63. The predicted octanol–water partition coefficient (Wildman–Crippen LogP) is 1.41. The lowest BCUT2D eigenvalue weighted by molar-refractivity contribution is 0.447. The van der Waals surface area contributed by atoms with E-state index in [1.54, 1.807) is 0 Å². The number of pyridine rings is 1. The van der Waals surface area contributed by atoms with E-state index in [2.05, 4.69) is 20.9 Å². The third-order valence-corrected chi connectivity index (χ3v) is 2.30. The van der Waals surface area contributed by atoms with Crippen molar-refractivity contribution in [3.63, 3.8) is 0 Å². The molecule has 0 bridgehead atoms. The first kappa shape index (κ1) is 8.33. The third-order valence-electron chi connectivity index (χ3n) is 1.42. The first-order chi connectivity index (χ1) is 5.15. The van der Waals surface area contributed by atoms with E-state index in [4.69, 9.17) is 5.11 Å². The number of aromatic nitrogens is 1. The van der Waals surface area contributed by atoms with Crippen molar-refractivity contribution in [2.75, 3.05) is 0 Å². The molecule has 0 spiro atoms. The maximum Gasteiger partial charge on any atom is 0.251 e. The fourth-order valence-corrected chi connectivity index (χ4v) is 1.33. The van der Waals surface area contributed by atoms with Crippen molar-refractivity contribution in [2.45, 2.75) is 13.3 Å². The van der Waals surface area contributed by atoms with E-state index in [1.165, 1.54) is 6.07 Å².